The zero-order valence-electron chi connectivity index (χ0n) is 17.2. The number of benzene rings is 1. The third-order valence-electron chi connectivity index (χ3n) is 5.05. The molecule has 1 aromatic carbocycles. The number of pyridine rings is 1. The SMILES string of the molecule is Cc1ccnc(Nc2cc(N3CCN(S(=O)(=O)c4cccc([N+](=O)[O-])c4)CC3)ncn2)c1. The first-order chi connectivity index (χ1) is 15.3. The van der Waals surface area contributed by atoms with Crippen LogP contribution in [0.5, 0.6) is 0 Å². The van der Waals surface area contributed by atoms with Gasteiger partial charge in [0.05, 0.1) is 9.82 Å². The average molecular weight is 456 g/mol. The smallest absolute Gasteiger partial charge is 0.270 e. The lowest BCUT2D eigenvalue weighted by atomic mass is 10.3. The Hall–Kier alpha value is -3.64. The number of anilines is 3. The first-order valence-electron chi connectivity index (χ1n) is 9.84. The first kappa shape index (κ1) is 21.6. The van der Waals surface area contributed by atoms with Crippen LogP contribution in [0.15, 0.2) is 59.9 Å². The second kappa shape index (κ2) is 8.85. The standard InChI is InChI=1S/C20H21N7O4S/c1-15-5-6-21-18(11-15)24-19-13-20(23-14-22-19)25-7-9-26(10-8-25)32(30,31)17-4-2-3-16(12-17)27(28)29/h2-6,11-14H,7-10H2,1H3,(H,21,22,23,24). The van der Waals surface area contributed by atoms with Crippen LogP contribution in [0.2, 0.25) is 0 Å². The predicted molar refractivity (Wildman–Crippen MR) is 118 cm³/mol. The average Bonchev–Trinajstić information content (AvgIpc) is 2.79. The quantitative estimate of drug-likeness (QED) is 0.439. The Kier molecular flexibility index (Phi) is 5.97. The number of aryl methyl sites for hydroxylation is 1. The van der Waals surface area contributed by atoms with Crippen molar-refractivity contribution in [2.75, 3.05) is 36.4 Å². The zero-order valence-corrected chi connectivity index (χ0v) is 18.1. The molecule has 166 valence electrons. The molecule has 3 aromatic rings. The Labute approximate surface area is 185 Å². The molecule has 11 nitrogen and oxygen atoms in total. The molecule has 0 atom stereocenters. The van der Waals surface area contributed by atoms with E-state index in [2.05, 4.69) is 20.3 Å². The van der Waals surface area contributed by atoms with Gasteiger partial charge in [0.1, 0.15) is 23.8 Å². The van der Waals surface area contributed by atoms with Crippen molar-refractivity contribution >= 4 is 33.2 Å². The Balaban J connectivity index is 1.44. The van der Waals surface area contributed by atoms with E-state index in [1.165, 1.54) is 28.8 Å². The maximum atomic E-state index is 12.9. The number of nitrogens with zero attached hydrogens (tertiary/aromatic N) is 6. The number of hydrogen-bond donors (Lipinski definition) is 1. The summed E-state index contributed by atoms with van der Waals surface area (Å²) < 4.78 is 27.2. The molecule has 0 aliphatic carbocycles. The summed E-state index contributed by atoms with van der Waals surface area (Å²) >= 11 is 0. The molecule has 1 N–H and O–H groups in total. The second-order valence-electron chi connectivity index (χ2n) is 7.25. The number of rotatable bonds is 6. The van der Waals surface area contributed by atoms with Crippen LogP contribution in [0.1, 0.15) is 5.56 Å². The Morgan fingerprint density at radius 3 is 2.47 bits per heavy atom. The van der Waals surface area contributed by atoms with Gasteiger partial charge in [-0.25, -0.2) is 23.4 Å². The van der Waals surface area contributed by atoms with Gasteiger partial charge in [-0.3, -0.25) is 10.1 Å². The molecule has 2 aromatic heterocycles. The van der Waals surface area contributed by atoms with Crippen molar-refractivity contribution < 1.29 is 13.3 Å². The van der Waals surface area contributed by atoms with Crippen LogP contribution in [0.3, 0.4) is 0 Å². The minimum atomic E-state index is -3.83. The van der Waals surface area contributed by atoms with Crippen LogP contribution in [0, 0.1) is 17.0 Å². The van der Waals surface area contributed by atoms with Gasteiger partial charge in [0.25, 0.3) is 5.69 Å². The maximum Gasteiger partial charge on any atom is 0.270 e. The first-order valence-corrected chi connectivity index (χ1v) is 11.3. The van der Waals surface area contributed by atoms with E-state index in [1.807, 2.05) is 24.0 Å². The van der Waals surface area contributed by atoms with Crippen molar-refractivity contribution in [3.63, 3.8) is 0 Å². The highest BCUT2D eigenvalue weighted by atomic mass is 32.2. The lowest BCUT2D eigenvalue weighted by Crippen LogP contribution is -2.48. The number of aromatic nitrogens is 3. The lowest BCUT2D eigenvalue weighted by molar-refractivity contribution is -0.385. The van der Waals surface area contributed by atoms with E-state index >= 15 is 0 Å². The third kappa shape index (κ3) is 4.65. The number of hydrogen-bond acceptors (Lipinski definition) is 9. The van der Waals surface area contributed by atoms with Crippen molar-refractivity contribution in [2.45, 2.75) is 11.8 Å². The lowest BCUT2D eigenvalue weighted by Gasteiger charge is -2.34. The maximum absolute atomic E-state index is 12.9. The molecule has 3 heterocycles. The summed E-state index contributed by atoms with van der Waals surface area (Å²) in [5, 5.41) is 14.1. The monoisotopic (exact) mass is 455 g/mol. The van der Waals surface area contributed by atoms with Crippen molar-refractivity contribution in [1.82, 2.24) is 19.3 Å². The highest BCUT2D eigenvalue weighted by molar-refractivity contribution is 7.89. The van der Waals surface area contributed by atoms with Gasteiger partial charge in [-0.15, -0.1) is 0 Å². The summed E-state index contributed by atoms with van der Waals surface area (Å²) in [6, 6.07) is 10.7. The fourth-order valence-electron chi connectivity index (χ4n) is 3.39. The van der Waals surface area contributed by atoms with Crippen LogP contribution in [0.25, 0.3) is 0 Å². The van der Waals surface area contributed by atoms with E-state index in [4.69, 9.17) is 0 Å². The topological polar surface area (TPSA) is 134 Å². The Morgan fingerprint density at radius 2 is 1.75 bits per heavy atom. The molecule has 1 aliphatic rings. The van der Waals surface area contributed by atoms with Crippen LogP contribution in [-0.4, -0.2) is 58.8 Å². The predicted octanol–water partition coefficient (Wildman–Crippen LogP) is 2.34. The Bertz CT molecular complexity index is 1240. The molecule has 12 heteroatoms. The summed E-state index contributed by atoms with van der Waals surface area (Å²) in [7, 11) is -3.83. The summed E-state index contributed by atoms with van der Waals surface area (Å²) in [4.78, 5) is 25.1. The summed E-state index contributed by atoms with van der Waals surface area (Å²) in [5.41, 5.74) is 0.812. The molecule has 0 bridgehead atoms. The molecule has 32 heavy (non-hydrogen) atoms. The van der Waals surface area contributed by atoms with Gasteiger partial charge in [-0.05, 0) is 30.7 Å². The van der Waals surface area contributed by atoms with E-state index < -0.39 is 14.9 Å². The minimum absolute atomic E-state index is 0.0840. The van der Waals surface area contributed by atoms with Crippen LogP contribution >= 0.6 is 0 Å². The van der Waals surface area contributed by atoms with Crippen molar-refractivity contribution in [3.05, 3.63) is 70.7 Å². The van der Waals surface area contributed by atoms with Gasteiger partial charge in [-0.2, -0.15) is 4.31 Å². The molecule has 1 fully saturated rings. The molecule has 0 spiro atoms. The van der Waals surface area contributed by atoms with Gasteiger partial charge in [0.2, 0.25) is 10.0 Å². The van der Waals surface area contributed by atoms with Crippen LogP contribution in [-0.2, 0) is 10.0 Å². The fourth-order valence-corrected chi connectivity index (χ4v) is 4.85. The van der Waals surface area contributed by atoms with Gasteiger partial charge in [0.15, 0.2) is 0 Å². The zero-order chi connectivity index (χ0) is 22.7. The minimum Gasteiger partial charge on any atom is -0.354 e. The molecule has 4 rings (SSSR count). The molecule has 0 saturated carbocycles. The number of piperazine rings is 1. The van der Waals surface area contributed by atoms with Crippen molar-refractivity contribution in [2.24, 2.45) is 0 Å². The number of nitro benzene ring substituents is 1. The number of non-ortho nitro benzene ring substituents is 1. The molecular weight excluding hydrogens is 434 g/mol. The number of nitro groups is 1. The molecule has 1 saturated heterocycles. The van der Waals surface area contributed by atoms with Gasteiger partial charge in [0, 0.05) is 50.6 Å². The van der Waals surface area contributed by atoms with E-state index in [9.17, 15) is 18.5 Å². The Morgan fingerprint density at radius 1 is 1.00 bits per heavy atom. The molecule has 1 aliphatic heterocycles. The molecule has 0 amide bonds. The van der Waals surface area contributed by atoms with Gasteiger partial charge in [-0.1, -0.05) is 6.07 Å². The highest BCUT2D eigenvalue weighted by Gasteiger charge is 2.30. The van der Waals surface area contributed by atoms with Crippen molar-refractivity contribution in [1.29, 1.82) is 0 Å². The molecule has 0 unspecified atom stereocenters. The molecular formula is C20H21N7O4S. The fraction of sp³-hybridized carbons (Fsp3) is 0.250. The normalized spacial score (nSPS) is 14.8. The third-order valence-corrected chi connectivity index (χ3v) is 6.95. The van der Waals surface area contributed by atoms with Crippen molar-refractivity contribution in [3.8, 4) is 0 Å². The largest absolute Gasteiger partial charge is 0.354 e. The molecule has 0 radical (unpaired) electrons. The second-order valence-corrected chi connectivity index (χ2v) is 9.19. The van der Waals surface area contributed by atoms with Gasteiger partial charge < -0.3 is 10.2 Å². The number of sulfonamides is 1. The number of nitrogens with one attached hydrogen (secondary N) is 1. The van der Waals surface area contributed by atoms with Crippen LogP contribution < -0.4 is 10.2 Å². The van der Waals surface area contributed by atoms with E-state index in [0.717, 1.165) is 11.6 Å². The van der Waals surface area contributed by atoms with Gasteiger partial charge >= 0.3 is 0 Å². The summed E-state index contributed by atoms with van der Waals surface area (Å²) in [5.74, 6) is 1.92. The van der Waals surface area contributed by atoms with E-state index in [0.29, 0.717) is 30.5 Å². The van der Waals surface area contributed by atoms with E-state index in [1.54, 1.807) is 12.3 Å². The summed E-state index contributed by atoms with van der Waals surface area (Å²) in [6.45, 7) is 3.29. The van der Waals surface area contributed by atoms with Crippen LogP contribution in [0.4, 0.5) is 23.1 Å². The highest BCUT2D eigenvalue weighted by Crippen LogP contribution is 2.24. The van der Waals surface area contributed by atoms with E-state index in [-0.39, 0.29) is 23.7 Å². The summed E-state index contributed by atoms with van der Waals surface area (Å²) in [6.07, 6.45) is 3.15.